The molecule has 2 atom stereocenters. The first-order chi connectivity index (χ1) is 18.8. The molecular weight excluding hydrogens is 533 g/mol. The van der Waals surface area contributed by atoms with Gasteiger partial charge in [-0.05, 0) is 54.8 Å². The van der Waals surface area contributed by atoms with E-state index in [1.54, 1.807) is 0 Å². The molecule has 1 N–H and O–H groups in total. The van der Waals surface area contributed by atoms with E-state index in [0.29, 0.717) is 37.0 Å². The zero-order valence-electron chi connectivity index (χ0n) is 25.6. The summed E-state index contributed by atoms with van der Waals surface area (Å²) in [6.45, 7) is 19.0. The Labute approximate surface area is 241 Å². The van der Waals surface area contributed by atoms with E-state index in [-0.39, 0.29) is 0 Å². The summed E-state index contributed by atoms with van der Waals surface area (Å²) in [5, 5.41) is 18.2. The fourth-order valence-corrected chi connectivity index (χ4v) is 7.26. The van der Waals surface area contributed by atoms with Crippen LogP contribution in [0.25, 0.3) is 22.6 Å². The summed E-state index contributed by atoms with van der Waals surface area (Å²) in [4.78, 5) is 5.13. The van der Waals surface area contributed by atoms with Gasteiger partial charge in [0.2, 0.25) is 0 Å². The smallest absolute Gasteiger partial charge is 0.163 e. The van der Waals surface area contributed by atoms with Gasteiger partial charge in [0.1, 0.15) is 25.2 Å². The minimum Gasteiger partial charge on any atom is -0.387 e. The van der Waals surface area contributed by atoms with Crippen LogP contribution in [0.15, 0.2) is 12.1 Å². The molecular formula is C30H46N6O2Si2. The van der Waals surface area contributed by atoms with Crippen LogP contribution in [0.5, 0.6) is 0 Å². The van der Waals surface area contributed by atoms with E-state index in [0.717, 1.165) is 59.8 Å². The number of hydrogen-bond donors (Lipinski definition) is 1. The number of nitrogens with zero attached hydrogens (tertiary/aromatic N) is 5. The molecule has 0 amide bonds. The van der Waals surface area contributed by atoms with Gasteiger partial charge in [0.05, 0.1) is 22.3 Å². The molecule has 0 radical (unpaired) electrons. The SMILES string of the molecule is CNc1cc2nc(-c3nn(COCC[Si](C)(C)C)c4c3C[C@@H]3C[C@]3(C)C4)n(COCC[Si](C)(C)C)c2cc1C#N. The third-order valence-corrected chi connectivity index (χ3v) is 12.1. The maximum absolute atomic E-state index is 9.83. The van der Waals surface area contributed by atoms with E-state index in [9.17, 15) is 5.26 Å². The highest BCUT2D eigenvalue weighted by atomic mass is 28.3. The number of rotatable bonds is 12. The molecule has 2 aromatic heterocycles. The Balaban J connectivity index is 1.54. The minimum atomic E-state index is -1.22. The average Bonchev–Trinajstić information content (AvgIpc) is 3.24. The molecule has 1 fully saturated rings. The summed E-state index contributed by atoms with van der Waals surface area (Å²) in [5.74, 6) is 1.53. The Hall–Kier alpha value is -2.46. The predicted octanol–water partition coefficient (Wildman–Crippen LogP) is 6.56. The highest BCUT2D eigenvalue weighted by molar-refractivity contribution is 6.76. The first-order valence-corrected chi connectivity index (χ1v) is 22.1. The number of hydrogen-bond acceptors (Lipinski definition) is 6. The Kier molecular flexibility index (Phi) is 7.80. The van der Waals surface area contributed by atoms with Gasteiger partial charge in [0.15, 0.2) is 5.82 Å². The normalized spacial score (nSPS) is 20.3. The van der Waals surface area contributed by atoms with Gasteiger partial charge in [-0.25, -0.2) is 9.67 Å². The van der Waals surface area contributed by atoms with Crippen LogP contribution in [-0.2, 0) is 35.8 Å². The number of nitrogens with one attached hydrogen (secondary N) is 1. The van der Waals surface area contributed by atoms with Crippen LogP contribution < -0.4 is 5.32 Å². The van der Waals surface area contributed by atoms with Crippen LogP contribution in [0.3, 0.4) is 0 Å². The molecule has 0 bridgehead atoms. The van der Waals surface area contributed by atoms with Crippen molar-refractivity contribution in [2.24, 2.45) is 11.3 Å². The maximum Gasteiger partial charge on any atom is 0.163 e. The molecule has 40 heavy (non-hydrogen) atoms. The lowest BCUT2D eigenvalue weighted by atomic mass is 9.87. The number of benzene rings is 1. The Morgan fingerprint density at radius 1 is 1.07 bits per heavy atom. The lowest BCUT2D eigenvalue weighted by molar-refractivity contribution is 0.0756. The van der Waals surface area contributed by atoms with Gasteiger partial charge in [-0.3, -0.25) is 4.57 Å². The van der Waals surface area contributed by atoms with Crippen molar-refractivity contribution < 1.29 is 9.47 Å². The lowest BCUT2D eigenvalue weighted by Crippen LogP contribution is -2.23. The van der Waals surface area contributed by atoms with Crippen molar-refractivity contribution in [3.63, 3.8) is 0 Å². The number of ether oxygens (including phenoxy) is 2. The van der Waals surface area contributed by atoms with Gasteiger partial charge in [-0.2, -0.15) is 10.4 Å². The second-order valence-electron chi connectivity index (χ2n) is 14.5. The van der Waals surface area contributed by atoms with Gasteiger partial charge in [0.25, 0.3) is 0 Å². The van der Waals surface area contributed by atoms with Crippen molar-refractivity contribution in [1.29, 1.82) is 5.26 Å². The van der Waals surface area contributed by atoms with Gasteiger partial charge in [-0.15, -0.1) is 0 Å². The average molecular weight is 579 g/mol. The largest absolute Gasteiger partial charge is 0.387 e. The van der Waals surface area contributed by atoms with E-state index in [2.05, 4.69) is 66.8 Å². The number of nitriles is 1. The number of anilines is 1. The standard InChI is InChI=1S/C30H46N6O2Si2/c1-30-16-22(30)14-23-27(17-30)36(20-38-10-12-40(6,7)8)34-28(23)29-33-25-15-24(32-2)21(18-31)13-26(25)35(29)19-37-9-11-39(3,4)5/h13,15,22,32H,9-12,14,16-17,19-20H2,1-8H3/t22-,30-/m1/s1. The van der Waals surface area contributed by atoms with Crippen molar-refractivity contribution >= 4 is 32.9 Å². The first-order valence-electron chi connectivity index (χ1n) is 14.7. The molecule has 2 heterocycles. The molecule has 0 unspecified atom stereocenters. The fraction of sp³-hybridized carbons (Fsp3) is 0.633. The van der Waals surface area contributed by atoms with E-state index in [4.69, 9.17) is 19.6 Å². The van der Waals surface area contributed by atoms with Crippen molar-refractivity contribution in [2.45, 2.75) is 91.0 Å². The van der Waals surface area contributed by atoms with Crippen molar-refractivity contribution in [3.05, 3.63) is 29.0 Å². The summed E-state index contributed by atoms with van der Waals surface area (Å²) in [6, 6.07) is 8.48. The summed E-state index contributed by atoms with van der Waals surface area (Å²) < 4.78 is 16.7. The van der Waals surface area contributed by atoms with E-state index < -0.39 is 16.1 Å². The molecule has 2 aliphatic rings. The highest BCUT2D eigenvalue weighted by Crippen LogP contribution is 2.60. The Morgan fingerprint density at radius 2 is 1.75 bits per heavy atom. The first kappa shape index (κ1) is 29.1. The molecule has 3 aromatic rings. The van der Waals surface area contributed by atoms with Crippen molar-refractivity contribution in [2.75, 3.05) is 25.6 Å². The second kappa shape index (κ2) is 10.7. The zero-order chi connectivity index (χ0) is 28.9. The van der Waals surface area contributed by atoms with Crippen LogP contribution >= 0.6 is 0 Å². The highest BCUT2D eigenvalue weighted by Gasteiger charge is 2.54. The van der Waals surface area contributed by atoms with Crippen LogP contribution in [0.2, 0.25) is 51.4 Å². The fourth-order valence-electron chi connectivity index (χ4n) is 5.75. The Bertz CT molecular complexity index is 1440. The molecule has 10 heteroatoms. The lowest BCUT2D eigenvalue weighted by Gasteiger charge is -2.20. The molecule has 0 saturated heterocycles. The summed E-state index contributed by atoms with van der Waals surface area (Å²) in [7, 11) is -0.546. The third-order valence-electron chi connectivity index (χ3n) is 8.64. The second-order valence-corrected chi connectivity index (χ2v) is 25.8. The number of aromatic nitrogens is 4. The van der Waals surface area contributed by atoms with Crippen LogP contribution in [0.1, 0.15) is 30.2 Å². The molecule has 0 spiro atoms. The number of fused-ring (bicyclic) bond motifs is 3. The van der Waals surface area contributed by atoms with Gasteiger partial charge in [0, 0.05) is 47.7 Å². The molecule has 2 aliphatic carbocycles. The van der Waals surface area contributed by atoms with Gasteiger partial charge >= 0.3 is 0 Å². The van der Waals surface area contributed by atoms with E-state index in [1.165, 1.54) is 17.7 Å². The van der Waals surface area contributed by atoms with Gasteiger partial charge in [-0.1, -0.05) is 46.2 Å². The maximum atomic E-state index is 9.83. The van der Waals surface area contributed by atoms with Crippen LogP contribution in [-0.4, -0.2) is 55.7 Å². The van der Waals surface area contributed by atoms with Crippen LogP contribution in [0, 0.1) is 22.7 Å². The van der Waals surface area contributed by atoms with E-state index in [1.807, 2.05) is 19.2 Å². The van der Waals surface area contributed by atoms with Crippen LogP contribution in [0.4, 0.5) is 5.69 Å². The van der Waals surface area contributed by atoms with Crippen molar-refractivity contribution in [1.82, 2.24) is 19.3 Å². The molecule has 1 aromatic carbocycles. The topological polar surface area (TPSA) is 89.9 Å². The quantitative estimate of drug-likeness (QED) is 0.193. The number of imidazole rings is 1. The zero-order valence-corrected chi connectivity index (χ0v) is 27.6. The van der Waals surface area contributed by atoms with Crippen molar-refractivity contribution in [3.8, 4) is 17.6 Å². The molecule has 0 aliphatic heterocycles. The molecule has 1 saturated carbocycles. The summed E-state index contributed by atoms with van der Waals surface area (Å²) in [6.07, 6.45) is 3.33. The monoisotopic (exact) mass is 578 g/mol. The Morgan fingerprint density at radius 3 is 2.38 bits per heavy atom. The predicted molar refractivity (Wildman–Crippen MR) is 167 cm³/mol. The summed E-state index contributed by atoms with van der Waals surface area (Å²) >= 11 is 0. The molecule has 216 valence electrons. The third kappa shape index (κ3) is 6.08. The minimum absolute atomic E-state index is 0.379. The summed E-state index contributed by atoms with van der Waals surface area (Å²) in [5.41, 5.74) is 7.04. The molecule has 5 rings (SSSR count). The molecule has 8 nitrogen and oxygen atoms in total. The van der Waals surface area contributed by atoms with Gasteiger partial charge < -0.3 is 14.8 Å². The van der Waals surface area contributed by atoms with E-state index >= 15 is 0 Å².